The first-order valence-electron chi connectivity index (χ1n) is 5.38. The Balaban J connectivity index is 2.11. The zero-order chi connectivity index (χ0) is 12.4. The molecule has 0 aliphatic carbocycles. The minimum Gasteiger partial charge on any atom is -0.338 e. The second-order valence-corrected chi connectivity index (χ2v) is 5.24. The molecular formula is C12H12BrClFNO. The van der Waals surface area contributed by atoms with Gasteiger partial charge in [0.05, 0.1) is 5.02 Å². The van der Waals surface area contributed by atoms with E-state index in [9.17, 15) is 9.18 Å². The Hall–Kier alpha value is -0.610. The Bertz CT molecular complexity index is 441. The molecule has 92 valence electrons. The molecule has 0 bridgehead atoms. The van der Waals surface area contributed by atoms with Gasteiger partial charge in [0.15, 0.2) is 0 Å². The van der Waals surface area contributed by atoms with Crippen molar-refractivity contribution < 1.29 is 9.18 Å². The lowest BCUT2D eigenvalue weighted by Crippen LogP contribution is -2.25. The molecule has 1 saturated heterocycles. The van der Waals surface area contributed by atoms with Crippen LogP contribution in [0.2, 0.25) is 5.02 Å². The number of amides is 1. The predicted octanol–water partition coefficient (Wildman–Crippen LogP) is 3.22. The molecule has 0 N–H and O–H groups in total. The van der Waals surface area contributed by atoms with Crippen LogP contribution in [0.15, 0.2) is 18.2 Å². The van der Waals surface area contributed by atoms with Crippen LogP contribution in [-0.2, 0) is 11.3 Å². The quantitative estimate of drug-likeness (QED) is 0.783. The van der Waals surface area contributed by atoms with E-state index in [1.54, 1.807) is 17.0 Å². The second-order valence-electron chi connectivity index (χ2n) is 4.21. The van der Waals surface area contributed by atoms with Crippen molar-refractivity contribution in [3.8, 4) is 0 Å². The van der Waals surface area contributed by atoms with Crippen LogP contribution in [0.1, 0.15) is 12.0 Å². The van der Waals surface area contributed by atoms with Gasteiger partial charge in [0, 0.05) is 24.8 Å². The first-order valence-corrected chi connectivity index (χ1v) is 6.88. The lowest BCUT2D eigenvalue weighted by atomic mass is 10.2. The molecule has 1 amide bonds. The number of carbonyl (C=O) groups excluding carboxylic acids is 1. The molecule has 1 aliphatic heterocycles. The Kier molecular flexibility index (Phi) is 4.05. The van der Waals surface area contributed by atoms with Crippen LogP contribution < -0.4 is 0 Å². The number of alkyl halides is 1. The van der Waals surface area contributed by atoms with Gasteiger partial charge in [0.25, 0.3) is 0 Å². The maximum absolute atomic E-state index is 13.3. The fourth-order valence-electron chi connectivity index (χ4n) is 1.99. The molecule has 5 heteroatoms. The summed E-state index contributed by atoms with van der Waals surface area (Å²) in [6.45, 7) is 1.09. The first-order chi connectivity index (χ1) is 8.11. The van der Waals surface area contributed by atoms with E-state index in [1.165, 1.54) is 6.07 Å². The normalized spacial score (nSPS) is 20.1. The number of halogens is 3. The van der Waals surface area contributed by atoms with Crippen molar-refractivity contribution in [2.45, 2.75) is 13.0 Å². The van der Waals surface area contributed by atoms with Crippen LogP contribution >= 0.6 is 27.5 Å². The molecule has 0 radical (unpaired) electrons. The maximum atomic E-state index is 13.3. The Labute approximate surface area is 113 Å². The molecule has 1 aromatic rings. The SMILES string of the molecule is O=C1CC(CBr)CN1Cc1cccc(F)c1Cl. The van der Waals surface area contributed by atoms with Gasteiger partial charge in [-0.25, -0.2) is 4.39 Å². The van der Waals surface area contributed by atoms with Gasteiger partial charge in [-0.15, -0.1) is 0 Å². The summed E-state index contributed by atoms with van der Waals surface area (Å²) in [5.41, 5.74) is 0.662. The van der Waals surface area contributed by atoms with Gasteiger partial charge in [-0.1, -0.05) is 39.7 Å². The molecule has 2 nitrogen and oxygen atoms in total. The molecule has 0 saturated carbocycles. The smallest absolute Gasteiger partial charge is 0.223 e. The highest BCUT2D eigenvalue weighted by molar-refractivity contribution is 9.09. The summed E-state index contributed by atoms with van der Waals surface area (Å²) >= 11 is 9.25. The molecule has 2 rings (SSSR count). The minimum atomic E-state index is -0.437. The van der Waals surface area contributed by atoms with Gasteiger partial charge in [0.1, 0.15) is 5.82 Å². The van der Waals surface area contributed by atoms with E-state index in [0.29, 0.717) is 31.0 Å². The van der Waals surface area contributed by atoms with Crippen LogP contribution in [0.4, 0.5) is 4.39 Å². The third-order valence-corrected chi connectivity index (χ3v) is 4.24. The van der Waals surface area contributed by atoms with Crippen molar-refractivity contribution in [1.82, 2.24) is 4.90 Å². The molecule has 0 aromatic heterocycles. The third-order valence-electron chi connectivity index (χ3n) is 2.91. The maximum Gasteiger partial charge on any atom is 0.223 e. The van der Waals surface area contributed by atoms with Crippen molar-refractivity contribution >= 4 is 33.4 Å². The van der Waals surface area contributed by atoms with Gasteiger partial charge < -0.3 is 4.90 Å². The summed E-state index contributed by atoms with van der Waals surface area (Å²) in [6.07, 6.45) is 0.554. The molecule has 1 heterocycles. The van der Waals surface area contributed by atoms with Gasteiger partial charge >= 0.3 is 0 Å². The largest absolute Gasteiger partial charge is 0.338 e. The van der Waals surface area contributed by atoms with E-state index >= 15 is 0 Å². The van der Waals surface area contributed by atoms with Gasteiger partial charge in [-0.05, 0) is 17.5 Å². The molecule has 1 aliphatic rings. The van der Waals surface area contributed by atoms with Crippen molar-refractivity contribution in [2.75, 3.05) is 11.9 Å². The van der Waals surface area contributed by atoms with Crippen LogP contribution in [0.25, 0.3) is 0 Å². The van der Waals surface area contributed by atoms with Crippen molar-refractivity contribution in [3.05, 3.63) is 34.6 Å². The summed E-state index contributed by atoms with van der Waals surface area (Å²) < 4.78 is 13.3. The highest BCUT2D eigenvalue weighted by Gasteiger charge is 2.29. The second kappa shape index (κ2) is 5.36. The van der Waals surface area contributed by atoms with Crippen molar-refractivity contribution in [3.63, 3.8) is 0 Å². The zero-order valence-corrected chi connectivity index (χ0v) is 11.5. The first kappa shape index (κ1) is 12.8. The lowest BCUT2D eigenvalue weighted by Gasteiger charge is -2.17. The fraction of sp³-hybridized carbons (Fsp3) is 0.417. The Morgan fingerprint density at radius 2 is 2.29 bits per heavy atom. The number of rotatable bonds is 3. The highest BCUT2D eigenvalue weighted by atomic mass is 79.9. The molecule has 1 aromatic carbocycles. The molecule has 1 unspecified atom stereocenters. The summed E-state index contributed by atoms with van der Waals surface area (Å²) in [5, 5.41) is 0.925. The lowest BCUT2D eigenvalue weighted by molar-refractivity contribution is -0.128. The number of carbonyl (C=O) groups is 1. The number of hydrogen-bond donors (Lipinski definition) is 0. The molecule has 1 atom stereocenters. The topological polar surface area (TPSA) is 20.3 Å². The predicted molar refractivity (Wildman–Crippen MR) is 68.7 cm³/mol. The van der Waals surface area contributed by atoms with Crippen LogP contribution in [-0.4, -0.2) is 22.7 Å². The van der Waals surface area contributed by atoms with E-state index in [2.05, 4.69) is 15.9 Å². The van der Waals surface area contributed by atoms with E-state index in [-0.39, 0.29) is 10.9 Å². The number of benzene rings is 1. The summed E-state index contributed by atoms with van der Waals surface area (Å²) in [7, 11) is 0. The van der Waals surface area contributed by atoms with Gasteiger partial charge in [-0.3, -0.25) is 4.79 Å². The average molecular weight is 321 g/mol. The number of nitrogens with zero attached hydrogens (tertiary/aromatic N) is 1. The molecule has 1 fully saturated rings. The van der Waals surface area contributed by atoms with Gasteiger partial charge in [-0.2, -0.15) is 0 Å². The number of hydrogen-bond acceptors (Lipinski definition) is 1. The van der Waals surface area contributed by atoms with E-state index in [0.717, 1.165) is 5.33 Å². The third kappa shape index (κ3) is 2.80. The average Bonchev–Trinajstić information content (AvgIpc) is 2.66. The highest BCUT2D eigenvalue weighted by Crippen LogP contribution is 2.25. The van der Waals surface area contributed by atoms with Crippen LogP contribution in [0.3, 0.4) is 0 Å². The summed E-state index contributed by atoms with van der Waals surface area (Å²) in [4.78, 5) is 13.4. The molecule has 0 spiro atoms. The molecular weight excluding hydrogens is 308 g/mol. The van der Waals surface area contributed by atoms with E-state index in [4.69, 9.17) is 11.6 Å². The van der Waals surface area contributed by atoms with Crippen molar-refractivity contribution in [2.24, 2.45) is 5.92 Å². The summed E-state index contributed by atoms with van der Waals surface area (Å²) in [5.74, 6) is 0.0115. The van der Waals surface area contributed by atoms with Crippen LogP contribution in [0.5, 0.6) is 0 Å². The van der Waals surface area contributed by atoms with Gasteiger partial charge in [0.2, 0.25) is 5.91 Å². The van der Waals surface area contributed by atoms with Crippen LogP contribution in [0, 0.1) is 11.7 Å². The zero-order valence-electron chi connectivity index (χ0n) is 9.13. The van der Waals surface area contributed by atoms with E-state index in [1.807, 2.05) is 0 Å². The van der Waals surface area contributed by atoms with E-state index < -0.39 is 5.82 Å². The Morgan fingerprint density at radius 1 is 1.53 bits per heavy atom. The Morgan fingerprint density at radius 3 is 2.94 bits per heavy atom. The summed E-state index contributed by atoms with van der Waals surface area (Å²) in [6, 6.07) is 4.68. The molecule has 17 heavy (non-hydrogen) atoms. The fourth-order valence-corrected chi connectivity index (χ4v) is 2.61. The minimum absolute atomic E-state index is 0.106. The monoisotopic (exact) mass is 319 g/mol. The number of likely N-dealkylation sites (tertiary alicyclic amines) is 1. The standard InChI is InChI=1S/C12H12BrClFNO/c13-5-8-4-11(17)16(6-8)7-9-2-1-3-10(15)12(9)14/h1-3,8H,4-7H2. The van der Waals surface area contributed by atoms with Crippen molar-refractivity contribution in [1.29, 1.82) is 0 Å².